The molecule has 0 unspecified atom stereocenters. The largest absolute Gasteiger partial charge is 0.0619 e. The van der Waals surface area contributed by atoms with Crippen molar-refractivity contribution in [2.75, 3.05) is 0 Å². The molecule has 9 rings (SSSR count). The normalized spacial score (nSPS) is 13.8. The molecule has 0 spiro atoms. The Bertz CT molecular complexity index is 2200. The van der Waals surface area contributed by atoms with Gasteiger partial charge in [0.1, 0.15) is 0 Å². The number of rotatable bonds is 2. The van der Waals surface area contributed by atoms with Crippen molar-refractivity contribution in [3.05, 3.63) is 145 Å². The molecule has 0 aliphatic heterocycles. The molecule has 7 aromatic carbocycles. The van der Waals surface area contributed by atoms with Crippen molar-refractivity contribution in [3.8, 4) is 55.6 Å². The lowest BCUT2D eigenvalue weighted by atomic mass is 9.81. The monoisotopic (exact) mass is 520 g/mol. The fourth-order valence-electron chi connectivity index (χ4n) is 7.54. The lowest BCUT2D eigenvalue weighted by Gasteiger charge is -2.22. The molecule has 0 aromatic heterocycles. The van der Waals surface area contributed by atoms with Gasteiger partial charge in [-0.1, -0.05) is 129 Å². The van der Waals surface area contributed by atoms with Crippen molar-refractivity contribution in [1.82, 2.24) is 0 Å². The molecule has 0 heteroatoms. The standard InChI is InChI=1S/C41H28/c1-41(2)38-13-6-5-10-33(38)34-19-18-28(24-39(34)41)26-14-15-27-23-29(17-16-25(27)22-26)30-20-21-37-32-9-4-3-8-31(32)36-12-7-11-35(30)40(36)37/h3-24H,1-2H3. The minimum atomic E-state index is 0.00863. The van der Waals surface area contributed by atoms with Gasteiger partial charge in [-0.05, 0) is 107 Å². The van der Waals surface area contributed by atoms with E-state index in [0.29, 0.717) is 0 Å². The molecule has 2 aliphatic carbocycles. The summed E-state index contributed by atoms with van der Waals surface area (Å²) in [7, 11) is 0. The Morgan fingerprint density at radius 2 is 0.902 bits per heavy atom. The Balaban J connectivity index is 1.13. The smallest absolute Gasteiger partial charge is 0.0159 e. The van der Waals surface area contributed by atoms with E-state index in [4.69, 9.17) is 0 Å². The first-order valence-corrected chi connectivity index (χ1v) is 14.5. The summed E-state index contributed by atoms with van der Waals surface area (Å²) in [5.41, 5.74) is 16.1. The van der Waals surface area contributed by atoms with E-state index in [2.05, 4.69) is 147 Å². The van der Waals surface area contributed by atoms with Crippen LogP contribution in [0.15, 0.2) is 133 Å². The van der Waals surface area contributed by atoms with Crippen LogP contribution >= 0.6 is 0 Å². The van der Waals surface area contributed by atoms with E-state index in [-0.39, 0.29) is 5.41 Å². The van der Waals surface area contributed by atoms with Gasteiger partial charge in [0, 0.05) is 5.41 Å². The zero-order chi connectivity index (χ0) is 27.3. The summed E-state index contributed by atoms with van der Waals surface area (Å²) in [6.07, 6.45) is 0. The predicted octanol–water partition coefficient (Wildman–Crippen LogP) is 11.3. The van der Waals surface area contributed by atoms with Crippen LogP contribution in [0.25, 0.3) is 77.2 Å². The Hall–Kier alpha value is -4.94. The average Bonchev–Trinajstić information content (AvgIpc) is 3.47. The van der Waals surface area contributed by atoms with Gasteiger partial charge in [0.05, 0.1) is 0 Å². The van der Waals surface area contributed by atoms with E-state index in [1.165, 1.54) is 88.3 Å². The molecule has 0 saturated heterocycles. The summed E-state index contributed by atoms with van der Waals surface area (Å²) in [5, 5.41) is 5.25. The van der Waals surface area contributed by atoms with Crippen molar-refractivity contribution in [3.63, 3.8) is 0 Å². The topological polar surface area (TPSA) is 0 Å². The lowest BCUT2D eigenvalue weighted by Crippen LogP contribution is -2.14. The third-order valence-electron chi connectivity index (χ3n) is 9.62. The third-order valence-corrected chi connectivity index (χ3v) is 9.62. The van der Waals surface area contributed by atoms with Crippen LogP contribution in [0.3, 0.4) is 0 Å². The fourth-order valence-corrected chi connectivity index (χ4v) is 7.54. The minimum Gasteiger partial charge on any atom is -0.0619 e. The zero-order valence-corrected chi connectivity index (χ0v) is 23.2. The Morgan fingerprint density at radius 3 is 1.71 bits per heavy atom. The maximum atomic E-state index is 2.41. The van der Waals surface area contributed by atoms with Crippen molar-refractivity contribution < 1.29 is 0 Å². The molecule has 0 heterocycles. The molecule has 0 fully saturated rings. The van der Waals surface area contributed by atoms with Crippen LogP contribution in [0.1, 0.15) is 25.0 Å². The molecule has 7 aromatic rings. The van der Waals surface area contributed by atoms with Crippen LogP contribution < -0.4 is 0 Å². The van der Waals surface area contributed by atoms with Crippen LogP contribution in [0, 0.1) is 0 Å². The maximum Gasteiger partial charge on any atom is 0.0159 e. The van der Waals surface area contributed by atoms with E-state index < -0.39 is 0 Å². The summed E-state index contributed by atoms with van der Waals surface area (Å²) in [4.78, 5) is 0. The van der Waals surface area contributed by atoms with Gasteiger partial charge >= 0.3 is 0 Å². The number of benzene rings is 7. The van der Waals surface area contributed by atoms with Crippen LogP contribution in [-0.4, -0.2) is 0 Å². The van der Waals surface area contributed by atoms with Crippen molar-refractivity contribution >= 4 is 21.5 Å². The van der Waals surface area contributed by atoms with Gasteiger partial charge < -0.3 is 0 Å². The highest BCUT2D eigenvalue weighted by molar-refractivity contribution is 6.18. The molecule has 0 bridgehead atoms. The molecule has 0 nitrogen and oxygen atoms in total. The lowest BCUT2D eigenvalue weighted by molar-refractivity contribution is 0.660. The van der Waals surface area contributed by atoms with Crippen molar-refractivity contribution in [2.24, 2.45) is 0 Å². The number of hydrogen-bond acceptors (Lipinski definition) is 0. The second kappa shape index (κ2) is 8.05. The molecule has 0 saturated carbocycles. The highest BCUT2D eigenvalue weighted by atomic mass is 14.4. The maximum absolute atomic E-state index is 2.41. The molecule has 41 heavy (non-hydrogen) atoms. The first kappa shape index (κ1) is 22.8. The molecule has 0 N–H and O–H groups in total. The SMILES string of the molecule is CC1(C)c2ccccc2-c2ccc(-c3ccc4cc(-c5ccc6c7c(cccc57)-c5ccccc5-6)ccc4c3)cc21. The zero-order valence-electron chi connectivity index (χ0n) is 23.2. The summed E-state index contributed by atoms with van der Waals surface area (Å²) in [5.74, 6) is 0. The molecular formula is C41H28. The minimum absolute atomic E-state index is 0.00863. The molecule has 0 radical (unpaired) electrons. The summed E-state index contributed by atoms with van der Waals surface area (Å²) in [6, 6.07) is 49.9. The second-order valence-electron chi connectivity index (χ2n) is 12.1. The van der Waals surface area contributed by atoms with E-state index in [9.17, 15) is 0 Å². The fraction of sp³-hybridized carbons (Fsp3) is 0.0732. The Kier molecular flexibility index (Phi) is 4.49. The highest BCUT2D eigenvalue weighted by Gasteiger charge is 2.35. The third kappa shape index (κ3) is 3.11. The quantitative estimate of drug-likeness (QED) is 0.213. The van der Waals surface area contributed by atoms with E-state index in [0.717, 1.165) is 0 Å². The molecule has 0 atom stereocenters. The number of hydrogen-bond donors (Lipinski definition) is 0. The van der Waals surface area contributed by atoms with Gasteiger partial charge in [0.15, 0.2) is 0 Å². The van der Waals surface area contributed by atoms with Gasteiger partial charge in [-0.3, -0.25) is 0 Å². The summed E-state index contributed by atoms with van der Waals surface area (Å²) < 4.78 is 0. The molecule has 192 valence electrons. The number of fused-ring (bicyclic) bond motifs is 7. The first-order valence-electron chi connectivity index (χ1n) is 14.5. The van der Waals surface area contributed by atoms with Gasteiger partial charge in [-0.25, -0.2) is 0 Å². The van der Waals surface area contributed by atoms with Gasteiger partial charge in [-0.15, -0.1) is 0 Å². The molecular weight excluding hydrogens is 492 g/mol. The van der Waals surface area contributed by atoms with Crippen LogP contribution in [0.2, 0.25) is 0 Å². The van der Waals surface area contributed by atoms with Gasteiger partial charge in [0.25, 0.3) is 0 Å². The van der Waals surface area contributed by atoms with E-state index in [1.807, 2.05) is 0 Å². The van der Waals surface area contributed by atoms with Crippen molar-refractivity contribution in [1.29, 1.82) is 0 Å². The summed E-state index contributed by atoms with van der Waals surface area (Å²) >= 11 is 0. The second-order valence-corrected chi connectivity index (χ2v) is 12.1. The van der Waals surface area contributed by atoms with E-state index >= 15 is 0 Å². The summed E-state index contributed by atoms with van der Waals surface area (Å²) in [6.45, 7) is 4.70. The Morgan fingerprint density at radius 1 is 0.366 bits per heavy atom. The van der Waals surface area contributed by atoms with E-state index in [1.54, 1.807) is 0 Å². The van der Waals surface area contributed by atoms with Crippen LogP contribution in [0.5, 0.6) is 0 Å². The van der Waals surface area contributed by atoms with Crippen LogP contribution in [-0.2, 0) is 5.41 Å². The first-order chi connectivity index (χ1) is 20.1. The van der Waals surface area contributed by atoms with Gasteiger partial charge in [-0.2, -0.15) is 0 Å². The highest BCUT2D eigenvalue weighted by Crippen LogP contribution is 2.51. The molecule has 0 amide bonds. The van der Waals surface area contributed by atoms with Gasteiger partial charge in [0.2, 0.25) is 0 Å². The molecule has 2 aliphatic rings. The Labute approximate surface area is 240 Å². The predicted molar refractivity (Wildman–Crippen MR) is 174 cm³/mol. The van der Waals surface area contributed by atoms with Crippen molar-refractivity contribution in [2.45, 2.75) is 19.3 Å². The van der Waals surface area contributed by atoms with Crippen LogP contribution in [0.4, 0.5) is 0 Å². The average molecular weight is 521 g/mol.